The number of amides is 1. The van der Waals surface area contributed by atoms with E-state index in [2.05, 4.69) is 35.9 Å². The first-order valence-electron chi connectivity index (χ1n) is 8.86. The van der Waals surface area contributed by atoms with E-state index in [0.29, 0.717) is 23.8 Å². The molecular formula is C20H28ClN3O. The number of aryl methyl sites for hydroxylation is 1. The van der Waals surface area contributed by atoms with E-state index in [1.807, 2.05) is 38.1 Å². The Morgan fingerprint density at radius 3 is 2.56 bits per heavy atom. The maximum atomic E-state index is 12.3. The Labute approximate surface area is 155 Å². The third-order valence-corrected chi connectivity index (χ3v) is 4.76. The van der Waals surface area contributed by atoms with Gasteiger partial charge in [0.15, 0.2) is 0 Å². The number of carbonyl (C=O) groups is 1. The predicted molar refractivity (Wildman–Crippen MR) is 103 cm³/mol. The molecule has 1 aromatic heterocycles. The number of hydrogen-bond donors (Lipinski definition) is 1. The summed E-state index contributed by atoms with van der Waals surface area (Å²) in [6, 6.07) is 7.50. The first-order valence-corrected chi connectivity index (χ1v) is 9.24. The Morgan fingerprint density at radius 1 is 1.24 bits per heavy atom. The van der Waals surface area contributed by atoms with Gasteiger partial charge in [0, 0.05) is 23.7 Å². The van der Waals surface area contributed by atoms with Crippen molar-refractivity contribution in [1.29, 1.82) is 0 Å². The summed E-state index contributed by atoms with van der Waals surface area (Å²) in [5, 5.41) is 8.33. The van der Waals surface area contributed by atoms with Gasteiger partial charge in [-0.15, -0.1) is 0 Å². The minimum absolute atomic E-state index is 0.0304. The second kappa shape index (κ2) is 8.52. The van der Waals surface area contributed by atoms with Crippen LogP contribution in [-0.2, 0) is 17.8 Å². The Kier molecular flexibility index (Phi) is 6.65. The molecule has 0 aliphatic rings. The lowest BCUT2D eigenvalue weighted by atomic mass is 10.1. The third-order valence-electron chi connectivity index (χ3n) is 4.42. The zero-order chi connectivity index (χ0) is 18.6. The monoisotopic (exact) mass is 361 g/mol. The molecule has 5 heteroatoms. The van der Waals surface area contributed by atoms with Crippen LogP contribution in [0.15, 0.2) is 24.3 Å². The summed E-state index contributed by atoms with van der Waals surface area (Å²) in [6.45, 7) is 11.3. The van der Waals surface area contributed by atoms with Crippen molar-refractivity contribution in [3.05, 3.63) is 51.8 Å². The Morgan fingerprint density at radius 2 is 1.92 bits per heavy atom. The van der Waals surface area contributed by atoms with Crippen molar-refractivity contribution in [2.24, 2.45) is 5.92 Å². The number of rotatable bonds is 7. The highest BCUT2D eigenvalue weighted by Crippen LogP contribution is 2.22. The van der Waals surface area contributed by atoms with Crippen LogP contribution in [0.2, 0.25) is 5.02 Å². The molecule has 2 aromatic rings. The number of nitrogens with one attached hydrogen (secondary N) is 1. The summed E-state index contributed by atoms with van der Waals surface area (Å²) in [6.07, 6.45) is 1.15. The molecule has 0 bridgehead atoms. The van der Waals surface area contributed by atoms with Gasteiger partial charge in [-0.2, -0.15) is 5.10 Å². The van der Waals surface area contributed by atoms with E-state index < -0.39 is 0 Å². The van der Waals surface area contributed by atoms with Crippen LogP contribution in [0.25, 0.3) is 0 Å². The lowest BCUT2D eigenvalue weighted by Crippen LogP contribution is -2.27. The Bertz CT molecular complexity index is 737. The largest absolute Gasteiger partial charge is 0.350 e. The SMILES string of the molecule is Cc1nn(CC(C)C)c(C)c1CCC(=O)NC(C)c1ccccc1Cl. The van der Waals surface area contributed by atoms with E-state index in [9.17, 15) is 4.79 Å². The molecule has 0 saturated carbocycles. The molecule has 1 N–H and O–H groups in total. The van der Waals surface area contributed by atoms with Crippen LogP contribution in [0.1, 0.15) is 55.7 Å². The molecule has 0 fully saturated rings. The van der Waals surface area contributed by atoms with Crippen molar-refractivity contribution in [3.8, 4) is 0 Å². The fraction of sp³-hybridized carbons (Fsp3) is 0.500. The highest BCUT2D eigenvalue weighted by molar-refractivity contribution is 6.31. The minimum atomic E-state index is -0.105. The molecule has 25 heavy (non-hydrogen) atoms. The Hall–Kier alpha value is -1.81. The molecule has 0 saturated heterocycles. The lowest BCUT2D eigenvalue weighted by molar-refractivity contribution is -0.121. The first kappa shape index (κ1) is 19.5. The van der Waals surface area contributed by atoms with Crippen LogP contribution in [0, 0.1) is 19.8 Å². The van der Waals surface area contributed by atoms with Gasteiger partial charge in [0.2, 0.25) is 5.91 Å². The van der Waals surface area contributed by atoms with Crippen molar-refractivity contribution in [1.82, 2.24) is 15.1 Å². The van der Waals surface area contributed by atoms with Gasteiger partial charge in [0.25, 0.3) is 0 Å². The van der Waals surface area contributed by atoms with Crippen LogP contribution in [-0.4, -0.2) is 15.7 Å². The van der Waals surface area contributed by atoms with Gasteiger partial charge in [-0.25, -0.2) is 0 Å². The van der Waals surface area contributed by atoms with E-state index in [1.54, 1.807) is 0 Å². The fourth-order valence-corrected chi connectivity index (χ4v) is 3.38. The molecule has 1 aromatic carbocycles. The van der Waals surface area contributed by atoms with Gasteiger partial charge in [0.05, 0.1) is 11.7 Å². The summed E-state index contributed by atoms with van der Waals surface area (Å²) in [5.74, 6) is 0.577. The molecule has 0 aliphatic carbocycles. The second-order valence-corrected chi connectivity index (χ2v) is 7.44. The van der Waals surface area contributed by atoms with Gasteiger partial charge in [-0.1, -0.05) is 43.6 Å². The van der Waals surface area contributed by atoms with Crippen molar-refractivity contribution < 1.29 is 4.79 Å². The summed E-state index contributed by atoms with van der Waals surface area (Å²) in [5.41, 5.74) is 4.30. The molecule has 4 nitrogen and oxygen atoms in total. The summed E-state index contributed by atoms with van der Waals surface area (Å²) in [4.78, 5) is 12.3. The first-order chi connectivity index (χ1) is 11.8. The highest BCUT2D eigenvalue weighted by Gasteiger charge is 2.16. The van der Waals surface area contributed by atoms with Crippen molar-refractivity contribution in [2.45, 2.75) is 60.0 Å². The maximum Gasteiger partial charge on any atom is 0.220 e. The number of carbonyl (C=O) groups excluding carboxylic acids is 1. The van der Waals surface area contributed by atoms with Crippen LogP contribution >= 0.6 is 11.6 Å². The van der Waals surface area contributed by atoms with Gasteiger partial charge < -0.3 is 5.32 Å². The standard InChI is InChI=1S/C20H28ClN3O/c1-13(2)12-24-16(5)17(15(4)23-24)10-11-20(25)22-14(3)18-8-6-7-9-19(18)21/h6-9,13-14H,10-12H2,1-5H3,(H,22,25). The number of hydrogen-bond acceptors (Lipinski definition) is 2. The second-order valence-electron chi connectivity index (χ2n) is 7.04. The number of nitrogens with zero attached hydrogens (tertiary/aromatic N) is 2. The van der Waals surface area contributed by atoms with Crippen molar-refractivity contribution in [2.75, 3.05) is 0 Å². The van der Waals surface area contributed by atoms with Crippen LogP contribution in [0.4, 0.5) is 0 Å². The predicted octanol–water partition coefficient (Wildman–Crippen LogP) is 4.62. The van der Waals surface area contributed by atoms with E-state index in [-0.39, 0.29) is 11.9 Å². The normalized spacial score (nSPS) is 12.4. The molecular weight excluding hydrogens is 334 g/mol. The van der Waals surface area contributed by atoms with Gasteiger partial charge in [0.1, 0.15) is 0 Å². The zero-order valence-electron chi connectivity index (χ0n) is 15.8. The zero-order valence-corrected chi connectivity index (χ0v) is 16.5. The van der Waals surface area contributed by atoms with Crippen molar-refractivity contribution >= 4 is 17.5 Å². The fourth-order valence-electron chi connectivity index (χ4n) is 3.08. The molecule has 0 aliphatic heterocycles. The molecule has 1 unspecified atom stereocenters. The van der Waals surface area contributed by atoms with E-state index in [0.717, 1.165) is 23.5 Å². The maximum absolute atomic E-state index is 12.3. The number of benzene rings is 1. The van der Waals surface area contributed by atoms with Gasteiger partial charge >= 0.3 is 0 Å². The molecule has 1 amide bonds. The Balaban J connectivity index is 1.96. The van der Waals surface area contributed by atoms with Gasteiger partial charge in [-0.05, 0) is 50.3 Å². The molecule has 1 heterocycles. The summed E-state index contributed by atoms with van der Waals surface area (Å²) in [7, 11) is 0. The van der Waals surface area contributed by atoms with E-state index in [4.69, 9.17) is 11.6 Å². The number of aromatic nitrogens is 2. The third kappa shape index (κ3) is 5.08. The number of halogens is 1. The molecule has 0 spiro atoms. The molecule has 136 valence electrons. The average Bonchev–Trinajstić information content (AvgIpc) is 2.79. The minimum Gasteiger partial charge on any atom is -0.350 e. The van der Waals surface area contributed by atoms with Crippen LogP contribution in [0.5, 0.6) is 0 Å². The van der Waals surface area contributed by atoms with E-state index in [1.165, 1.54) is 5.56 Å². The molecule has 2 rings (SSSR count). The topological polar surface area (TPSA) is 46.9 Å². The molecule has 0 radical (unpaired) electrons. The molecule has 1 atom stereocenters. The van der Waals surface area contributed by atoms with Crippen molar-refractivity contribution in [3.63, 3.8) is 0 Å². The quantitative estimate of drug-likeness (QED) is 0.782. The van der Waals surface area contributed by atoms with Crippen LogP contribution in [0.3, 0.4) is 0 Å². The average molecular weight is 362 g/mol. The van der Waals surface area contributed by atoms with E-state index >= 15 is 0 Å². The van der Waals surface area contributed by atoms with Gasteiger partial charge in [-0.3, -0.25) is 9.48 Å². The van der Waals surface area contributed by atoms with Crippen LogP contribution < -0.4 is 5.32 Å². The smallest absolute Gasteiger partial charge is 0.220 e. The highest BCUT2D eigenvalue weighted by atomic mass is 35.5. The lowest BCUT2D eigenvalue weighted by Gasteiger charge is -2.15. The summed E-state index contributed by atoms with van der Waals surface area (Å²) >= 11 is 6.20. The summed E-state index contributed by atoms with van der Waals surface area (Å²) < 4.78 is 2.06.